The number of hydrogen-bond acceptors (Lipinski definition) is 4. The van der Waals surface area contributed by atoms with Crippen LogP contribution in [0.4, 0.5) is 11.4 Å². The van der Waals surface area contributed by atoms with E-state index >= 15 is 0 Å². The molecule has 7 heteroatoms. The van der Waals surface area contributed by atoms with Gasteiger partial charge in [-0.15, -0.1) is 0 Å². The van der Waals surface area contributed by atoms with Gasteiger partial charge in [-0.25, -0.2) is 8.42 Å². The van der Waals surface area contributed by atoms with Crippen LogP contribution in [0.2, 0.25) is 5.02 Å². The first-order valence-electron chi connectivity index (χ1n) is 6.00. The molecule has 0 aliphatic carbocycles. The molecule has 0 aliphatic heterocycles. The van der Waals surface area contributed by atoms with E-state index in [0.717, 1.165) is 0 Å². The van der Waals surface area contributed by atoms with E-state index in [-0.39, 0.29) is 4.90 Å². The van der Waals surface area contributed by atoms with Gasteiger partial charge in [0.15, 0.2) is 0 Å². The molecule has 0 aliphatic rings. The number of halogens is 1. The highest BCUT2D eigenvalue weighted by atomic mass is 35.5. The van der Waals surface area contributed by atoms with Crippen molar-refractivity contribution in [2.75, 3.05) is 16.6 Å². The van der Waals surface area contributed by atoms with Gasteiger partial charge in [0.1, 0.15) is 4.90 Å². The summed E-state index contributed by atoms with van der Waals surface area (Å²) in [6.07, 6.45) is 2.84. The standard InChI is InChI=1S/C13H14ClN3O2S/c1-2-16-12-7-8-15-9-13(12)20(18,19)17-11-6-4-3-5-10(11)14/h3-9,17H,2H2,1H3,(H,15,16). The zero-order valence-corrected chi connectivity index (χ0v) is 12.4. The number of benzene rings is 1. The highest BCUT2D eigenvalue weighted by Crippen LogP contribution is 2.26. The minimum atomic E-state index is -3.75. The van der Waals surface area contributed by atoms with Crippen molar-refractivity contribution in [3.05, 3.63) is 47.7 Å². The van der Waals surface area contributed by atoms with Gasteiger partial charge < -0.3 is 5.32 Å². The number of rotatable bonds is 5. The maximum atomic E-state index is 12.4. The van der Waals surface area contributed by atoms with Crippen molar-refractivity contribution >= 4 is 33.0 Å². The van der Waals surface area contributed by atoms with E-state index in [0.29, 0.717) is 22.9 Å². The first-order chi connectivity index (χ1) is 9.54. The number of nitrogens with zero attached hydrogens (tertiary/aromatic N) is 1. The Bertz CT molecular complexity index is 704. The van der Waals surface area contributed by atoms with Crippen LogP contribution < -0.4 is 10.0 Å². The molecule has 20 heavy (non-hydrogen) atoms. The topological polar surface area (TPSA) is 71.1 Å². The van der Waals surface area contributed by atoms with Crippen LogP contribution >= 0.6 is 11.6 Å². The molecular weight excluding hydrogens is 298 g/mol. The Kier molecular flexibility index (Phi) is 4.46. The van der Waals surface area contributed by atoms with Gasteiger partial charge in [0, 0.05) is 18.9 Å². The molecular formula is C13H14ClN3O2S. The zero-order valence-electron chi connectivity index (χ0n) is 10.8. The molecule has 2 rings (SSSR count). The summed E-state index contributed by atoms with van der Waals surface area (Å²) < 4.78 is 27.3. The third-order valence-electron chi connectivity index (χ3n) is 2.56. The quantitative estimate of drug-likeness (QED) is 0.890. The first kappa shape index (κ1) is 14.6. The van der Waals surface area contributed by atoms with E-state index in [9.17, 15) is 8.42 Å². The molecule has 2 N–H and O–H groups in total. The molecule has 2 aromatic rings. The lowest BCUT2D eigenvalue weighted by molar-refractivity contribution is 0.601. The van der Waals surface area contributed by atoms with Crippen LogP contribution in [0.5, 0.6) is 0 Å². The minimum absolute atomic E-state index is 0.0850. The second-order valence-electron chi connectivity index (χ2n) is 3.99. The number of pyridine rings is 1. The predicted molar refractivity (Wildman–Crippen MR) is 80.7 cm³/mol. The Morgan fingerprint density at radius 3 is 2.65 bits per heavy atom. The summed E-state index contributed by atoms with van der Waals surface area (Å²) >= 11 is 5.96. The van der Waals surface area contributed by atoms with E-state index in [1.807, 2.05) is 6.92 Å². The smallest absolute Gasteiger partial charge is 0.265 e. The third kappa shape index (κ3) is 3.20. The molecule has 1 heterocycles. The van der Waals surface area contributed by atoms with Crippen LogP contribution in [0.15, 0.2) is 47.6 Å². The highest BCUT2D eigenvalue weighted by molar-refractivity contribution is 7.92. The Labute approximate surface area is 123 Å². The van der Waals surface area contributed by atoms with Crippen LogP contribution in [0.1, 0.15) is 6.92 Å². The summed E-state index contributed by atoms with van der Waals surface area (Å²) in [5.41, 5.74) is 0.836. The minimum Gasteiger partial charge on any atom is -0.384 e. The lowest BCUT2D eigenvalue weighted by atomic mass is 10.3. The molecule has 0 bridgehead atoms. The molecule has 0 saturated heterocycles. The molecule has 0 spiro atoms. The number of para-hydroxylation sites is 1. The van der Waals surface area contributed by atoms with Gasteiger partial charge in [0.2, 0.25) is 0 Å². The maximum Gasteiger partial charge on any atom is 0.265 e. The van der Waals surface area contributed by atoms with Gasteiger partial charge in [-0.3, -0.25) is 9.71 Å². The van der Waals surface area contributed by atoms with Crippen molar-refractivity contribution < 1.29 is 8.42 Å². The number of hydrogen-bond donors (Lipinski definition) is 2. The second-order valence-corrected chi connectivity index (χ2v) is 6.05. The fourth-order valence-electron chi connectivity index (χ4n) is 1.67. The van der Waals surface area contributed by atoms with E-state index < -0.39 is 10.0 Å². The van der Waals surface area contributed by atoms with Gasteiger partial charge in [0.05, 0.1) is 16.4 Å². The summed E-state index contributed by atoms with van der Waals surface area (Å²) in [5.74, 6) is 0. The SMILES string of the molecule is CCNc1ccncc1S(=O)(=O)Nc1ccccc1Cl. The summed E-state index contributed by atoms with van der Waals surface area (Å²) in [6.45, 7) is 2.50. The van der Waals surface area contributed by atoms with Gasteiger partial charge in [-0.1, -0.05) is 23.7 Å². The average molecular weight is 312 g/mol. The van der Waals surface area contributed by atoms with Gasteiger partial charge in [0.25, 0.3) is 10.0 Å². The molecule has 0 atom stereocenters. The zero-order chi connectivity index (χ0) is 14.6. The first-order valence-corrected chi connectivity index (χ1v) is 7.86. The van der Waals surface area contributed by atoms with Crippen molar-refractivity contribution in [2.45, 2.75) is 11.8 Å². The Hall–Kier alpha value is -1.79. The normalized spacial score (nSPS) is 11.1. The average Bonchev–Trinajstić information content (AvgIpc) is 2.42. The van der Waals surface area contributed by atoms with E-state index in [4.69, 9.17) is 11.6 Å². The largest absolute Gasteiger partial charge is 0.384 e. The van der Waals surface area contributed by atoms with E-state index in [1.54, 1.807) is 30.3 Å². The number of anilines is 2. The summed E-state index contributed by atoms with van der Waals surface area (Å²) in [4.78, 5) is 3.95. The van der Waals surface area contributed by atoms with Crippen LogP contribution in [0, 0.1) is 0 Å². The van der Waals surface area contributed by atoms with E-state index in [2.05, 4.69) is 15.0 Å². The summed E-state index contributed by atoms with van der Waals surface area (Å²) in [5, 5.41) is 3.33. The predicted octanol–water partition coefficient (Wildman–Crippen LogP) is 2.97. The Morgan fingerprint density at radius 1 is 1.20 bits per heavy atom. The Morgan fingerprint density at radius 2 is 1.95 bits per heavy atom. The monoisotopic (exact) mass is 311 g/mol. The summed E-state index contributed by atoms with van der Waals surface area (Å²) in [6, 6.07) is 8.27. The molecule has 1 aromatic heterocycles. The third-order valence-corrected chi connectivity index (χ3v) is 4.28. The molecule has 5 nitrogen and oxygen atoms in total. The van der Waals surface area contributed by atoms with Crippen molar-refractivity contribution in [3.63, 3.8) is 0 Å². The van der Waals surface area contributed by atoms with E-state index in [1.165, 1.54) is 12.4 Å². The van der Waals surface area contributed by atoms with Gasteiger partial charge in [-0.05, 0) is 25.1 Å². The van der Waals surface area contributed by atoms with Crippen LogP contribution in [-0.4, -0.2) is 19.9 Å². The molecule has 0 radical (unpaired) electrons. The number of sulfonamides is 1. The number of nitrogens with one attached hydrogen (secondary N) is 2. The molecule has 0 saturated carbocycles. The second kappa shape index (κ2) is 6.11. The molecule has 0 unspecified atom stereocenters. The lowest BCUT2D eigenvalue weighted by Crippen LogP contribution is -2.16. The summed E-state index contributed by atoms with van der Waals surface area (Å²) in [7, 11) is -3.75. The van der Waals surface area contributed by atoms with Crippen molar-refractivity contribution in [2.24, 2.45) is 0 Å². The molecule has 0 amide bonds. The van der Waals surface area contributed by atoms with Gasteiger partial charge >= 0.3 is 0 Å². The van der Waals surface area contributed by atoms with Crippen molar-refractivity contribution in [1.82, 2.24) is 4.98 Å². The van der Waals surface area contributed by atoms with Crippen molar-refractivity contribution in [1.29, 1.82) is 0 Å². The van der Waals surface area contributed by atoms with Crippen molar-refractivity contribution in [3.8, 4) is 0 Å². The highest BCUT2D eigenvalue weighted by Gasteiger charge is 2.19. The molecule has 0 fully saturated rings. The fourth-order valence-corrected chi connectivity index (χ4v) is 3.12. The Balaban J connectivity index is 2.39. The van der Waals surface area contributed by atoms with Crippen LogP contribution in [0.25, 0.3) is 0 Å². The van der Waals surface area contributed by atoms with Gasteiger partial charge in [-0.2, -0.15) is 0 Å². The van der Waals surface area contributed by atoms with Crippen LogP contribution in [-0.2, 0) is 10.0 Å². The molecule has 106 valence electrons. The lowest BCUT2D eigenvalue weighted by Gasteiger charge is -2.13. The van der Waals surface area contributed by atoms with Crippen LogP contribution in [0.3, 0.4) is 0 Å². The fraction of sp³-hybridized carbons (Fsp3) is 0.154. The number of aromatic nitrogens is 1. The maximum absolute atomic E-state index is 12.4. The molecule has 1 aromatic carbocycles.